The minimum atomic E-state index is -0.0711. The number of anilines is 1. The molecule has 4 rings (SSSR count). The van der Waals surface area contributed by atoms with Crippen LogP contribution in [0.2, 0.25) is 0 Å². The van der Waals surface area contributed by atoms with Crippen LogP contribution < -0.4 is 10.6 Å². The van der Waals surface area contributed by atoms with Gasteiger partial charge in [0.2, 0.25) is 0 Å². The maximum atomic E-state index is 12.4. The molecule has 0 unspecified atom stereocenters. The Morgan fingerprint density at radius 3 is 2.85 bits per heavy atom. The molecule has 1 aliphatic heterocycles. The Balaban J connectivity index is 1.51. The van der Waals surface area contributed by atoms with E-state index >= 15 is 0 Å². The van der Waals surface area contributed by atoms with Gasteiger partial charge in [-0.25, -0.2) is 4.98 Å². The molecule has 1 aliphatic carbocycles. The number of carbonyl (C=O) groups excluding carboxylic acids is 1. The first-order valence-electron chi connectivity index (χ1n) is 9.84. The first kappa shape index (κ1) is 17.9. The van der Waals surface area contributed by atoms with E-state index in [1.54, 1.807) is 7.05 Å². The molecule has 0 aromatic carbocycles. The Morgan fingerprint density at radius 1 is 1.26 bits per heavy atom. The van der Waals surface area contributed by atoms with Gasteiger partial charge in [-0.3, -0.25) is 14.7 Å². The van der Waals surface area contributed by atoms with Crippen LogP contribution >= 0.6 is 0 Å². The maximum absolute atomic E-state index is 12.4. The van der Waals surface area contributed by atoms with E-state index < -0.39 is 0 Å². The third kappa shape index (κ3) is 4.45. The number of amides is 1. The van der Waals surface area contributed by atoms with E-state index in [4.69, 9.17) is 4.98 Å². The van der Waals surface area contributed by atoms with E-state index in [2.05, 4.69) is 26.6 Å². The quantitative estimate of drug-likeness (QED) is 0.822. The monoisotopic (exact) mass is 365 g/mol. The van der Waals surface area contributed by atoms with E-state index in [1.807, 2.05) is 24.4 Å². The van der Waals surface area contributed by atoms with Gasteiger partial charge in [-0.05, 0) is 48.9 Å². The van der Waals surface area contributed by atoms with Crippen LogP contribution in [-0.4, -0.2) is 47.5 Å². The Bertz CT molecular complexity index is 804. The highest BCUT2D eigenvalue weighted by atomic mass is 16.1. The van der Waals surface area contributed by atoms with Crippen molar-refractivity contribution >= 4 is 11.7 Å². The Labute approximate surface area is 160 Å². The van der Waals surface area contributed by atoms with Crippen molar-refractivity contribution in [3.8, 4) is 0 Å². The minimum absolute atomic E-state index is 0.0711. The molecule has 27 heavy (non-hydrogen) atoms. The van der Waals surface area contributed by atoms with Gasteiger partial charge in [0, 0.05) is 51.5 Å². The third-order valence-electron chi connectivity index (χ3n) is 5.39. The summed E-state index contributed by atoms with van der Waals surface area (Å²) in [5.74, 6) is 1.40. The molecule has 142 valence electrons. The van der Waals surface area contributed by atoms with Crippen molar-refractivity contribution in [1.82, 2.24) is 20.2 Å². The topological polar surface area (TPSA) is 70.2 Å². The fraction of sp³-hybridized carbons (Fsp3) is 0.476. The predicted octanol–water partition coefficient (Wildman–Crippen LogP) is 2.26. The lowest BCUT2D eigenvalue weighted by Gasteiger charge is -2.18. The number of carbonyl (C=O) groups is 1. The molecule has 1 amide bonds. The van der Waals surface area contributed by atoms with Gasteiger partial charge >= 0.3 is 0 Å². The molecule has 2 aromatic rings. The molecule has 6 heteroatoms. The van der Waals surface area contributed by atoms with Gasteiger partial charge in [-0.15, -0.1) is 0 Å². The Morgan fingerprint density at radius 2 is 2.11 bits per heavy atom. The minimum Gasteiger partial charge on any atom is -0.369 e. The number of fused-ring (bicyclic) bond motifs is 1. The summed E-state index contributed by atoms with van der Waals surface area (Å²) < 4.78 is 0. The smallest absolute Gasteiger partial charge is 0.254 e. The van der Waals surface area contributed by atoms with Crippen molar-refractivity contribution in [1.29, 1.82) is 0 Å². The van der Waals surface area contributed by atoms with Crippen LogP contribution in [-0.2, 0) is 19.4 Å². The molecule has 6 nitrogen and oxygen atoms in total. The summed E-state index contributed by atoms with van der Waals surface area (Å²) in [7, 11) is 1.67. The van der Waals surface area contributed by atoms with Gasteiger partial charge < -0.3 is 10.6 Å². The second-order valence-corrected chi connectivity index (χ2v) is 7.49. The molecular weight excluding hydrogens is 338 g/mol. The van der Waals surface area contributed by atoms with Crippen LogP contribution in [0.4, 0.5) is 5.82 Å². The summed E-state index contributed by atoms with van der Waals surface area (Å²) in [6, 6.07) is 8.09. The van der Waals surface area contributed by atoms with Crippen LogP contribution in [0.15, 0.2) is 30.5 Å². The zero-order valence-corrected chi connectivity index (χ0v) is 15.9. The molecule has 0 spiro atoms. The summed E-state index contributed by atoms with van der Waals surface area (Å²) in [6.07, 6.45) is 6.19. The summed E-state index contributed by atoms with van der Waals surface area (Å²) >= 11 is 0. The highest BCUT2D eigenvalue weighted by Crippen LogP contribution is 2.30. The highest BCUT2D eigenvalue weighted by molar-refractivity contribution is 5.98. The van der Waals surface area contributed by atoms with Crippen LogP contribution in [0.25, 0.3) is 0 Å². The van der Waals surface area contributed by atoms with Gasteiger partial charge in [0.25, 0.3) is 5.91 Å². The summed E-state index contributed by atoms with van der Waals surface area (Å²) in [5.41, 5.74) is 4.06. The van der Waals surface area contributed by atoms with Crippen molar-refractivity contribution in [2.75, 3.05) is 32.0 Å². The van der Waals surface area contributed by atoms with Crippen molar-refractivity contribution in [2.45, 2.75) is 32.2 Å². The zero-order chi connectivity index (χ0) is 18.6. The second-order valence-electron chi connectivity index (χ2n) is 7.49. The number of aromatic nitrogens is 2. The third-order valence-corrected chi connectivity index (χ3v) is 5.39. The largest absolute Gasteiger partial charge is 0.369 e. The first-order valence-corrected chi connectivity index (χ1v) is 9.84. The van der Waals surface area contributed by atoms with E-state index in [-0.39, 0.29) is 5.91 Å². The summed E-state index contributed by atoms with van der Waals surface area (Å²) in [6.45, 7) is 3.66. The predicted molar refractivity (Wildman–Crippen MR) is 106 cm³/mol. The van der Waals surface area contributed by atoms with Gasteiger partial charge in [0.05, 0.1) is 11.3 Å². The maximum Gasteiger partial charge on any atom is 0.254 e. The summed E-state index contributed by atoms with van der Waals surface area (Å²) in [5, 5.41) is 6.17. The number of rotatable bonds is 6. The molecule has 0 saturated heterocycles. The fourth-order valence-electron chi connectivity index (χ4n) is 3.56. The van der Waals surface area contributed by atoms with Crippen LogP contribution in [0, 0.1) is 5.92 Å². The number of nitrogens with zero attached hydrogens (tertiary/aromatic N) is 3. The standard InChI is InChI=1S/C21H27N5O/c1-22-21(27)18-12-16-7-10-26(14-17-4-2-3-9-23-17)11-8-19(16)25-20(18)24-13-15-5-6-15/h2-4,9,12,15H,5-8,10-11,13-14H2,1H3,(H,22,27)(H,24,25). The average Bonchev–Trinajstić information content (AvgIpc) is 3.54. The van der Waals surface area contributed by atoms with E-state index in [9.17, 15) is 4.79 Å². The highest BCUT2D eigenvalue weighted by Gasteiger charge is 2.24. The molecule has 1 saturated carbocycles. The molecule has 3 heterocycles. The number of pyridine rings is 2. The van der Waals surface area contributed by atoms with E-state index in [1.165, 1.54) is 18.4 Å². The van der Waals surface area contributed by atoms with Crippen molar-refractivity contribution in [3.05, 3.63) is 53.0 Å². The number of hydrogen-bond acceptors (Lipinski definition) is 5. The second kappa shape index (κ2) is 8.05. The Kier molecular flexibility index (Phi) is 5.34. The molecular formula is C21H27N5O. The van der Waals surface area contributed by atoms with Gasteiger partial charge in [-0.1, -0.05) is 6.07 Å². The Hall–Kier alpha value is -2.47. The van der Waals surface area contributed by atoms with E-state index in [0.29, 0.717) is 5.56 Å². The average molecular weight is 365 g/mol. The van der Waals surface area contributed by atoms with Gasteiger partial charge in [0.15, 0.2) is 0 Å². The van der Waals surface area contributed by atoms with Gasteiger partial charge in [-0.2, -0.15) is 0 Å². The number of hydrogen-bond donors (Lipinski definition) is 2. The van der Waals surface area contributed by atoms with E-state index in [0.717, 1.165) is 62.1 Å². The fourth-order valence-corrected chi connectivity index (χ4v) is 3.56. The van der Waals surface area contributed by atoms with Crippen LogP contribution in [0.1, 0.15) is 40.2 Å². The summed E-state index contributed by atoms with van der Waals surface area (Å²) in [4.78, 5) is 24.1. The molecule has 1 fully saturated rings. The van der Waals surface area contributed by atoms with Crippen LogP contribution in [0.5, 0.6) is 0 Å². The van der Waals surface area contributed by atoms with Crippen molar-refractivity contribution in [2.24, 2.45) is 5.92 Å². The molecule has 2 N–H and O–H groups in total. The first-order chi connectivity index (χ1) is 13.2. The molecule has 0 atom stereocenters. The molecule has 2 aromatic heterocycles. The number of nitrogens with one attached hydrogen (secondary N) is 2. The van der Waals surface area contributed by atoms with Crippen LogP contribution in [0.3, 0.4) is 0 Å². The van der Waals surface area contributed by atoms with Gasteiger partial charge in [0.1, 0.15) is 5.82 Å². The zero-order valence-electron chi connectivity index (χ0n) is 15.9. The molecule has 2 aliphatic rings. The lowest BCUT2D eigenvalue weighted by atomic mass is 10.1. The normalized spacial score (nSPS) is 17.1. The lowest BCUT2D eigenvalue weighted by molar-refractivity contribution is 0.0963. The van der Waals surface area contributed by atoms with Crippen molar-refractivity contribution < 1.29 is 4.79 Å². The molecule has 0 bridgehead atoms. The lowest BCUT2D eigenvalue weighted by Crippen LogP contribution is -2.26. The SMILES string of the molecule is CNC(=O)c1cc2c(nc1NCC1CC1)CCN(Cc1ccccn1)CC2. The van der Waals surface area contributed by atoms with Crippen molar-refractivity contribution in [3.63, 3.8) is 0 Å². The molecule has 0 radical (unpaired) electrons.